The number of carbonyl (C=O) groups is 2. The number of aryl methyl sites for hydroxylation is 1. The first-order valence-corrected chi connectivity index (χ1v) is 9.58. The minimum atomic E-state index is -0.718. The molecule has 4 nitrogen and oxygen atoms in total. The molecule has 0 aromatic heterocycles. The number of benzene rings is 2. The van der Waals surface area contributed by atoms with Crippen molar-refractivity contribution in [3.8, 4) is 0 Å². The molecule has 2 aromatic rings. The third kappa shape index (κ3) is 6.22. The van der Waals surface area contributed by atoms with Crippen LogP contribution >= 0.6 is 23.4 Å². The van der Waals surface area contributed by atoms with Crippen LogP contribution in [0.4, 0.5) is 14.5 Å². The number of halogens is 3. The smallest absolute Gasteiger partial charge is 0.244 e. The number of thioether (sulfide) groups is 1. The van der Waals surface area contributed by atoms with Crippen LogP contribution in [0.15, 0.2) is 41.3 Å². The van der Waals surface area contributed by atoms with E-state index in [-0.39, 0.29) is 29.0 Å². The average molecular weight is 413 g/mol. The topological polar surface area (TPSA) is 49.4 Å². The second-order valence-electron chi connectivity index (χ2n) is 5.78. The summed E-state index contributed by atoms with van der Waals surface area (Å²) in [6.45, 7) is 3.78. The van der Waals surface area contributed by atoms with Crippen molar-refractivity contribution in [3.63, 3.8) is 0 Å². The van der Waals surface area contributed by atoms with Gasteiger partial charge in [0, 0.05) is 28.2 Å². The summed E-state index contributed by atoms with van der Waals surface area (Å²) in [4.78, 5) is 26.1. The highest BCUT2D eigenvalue weighted by Gasteiger charge is 2.17. The molecule has 0 saturated carbocycles. The lowest BCUT2D eigenvalue weighted by Crippen LogP contribution is -2.38. The molecule has 0 unspecified atom stereocenters. The van der Waals surface area contributed by atoms with E-state index in [4.69, 9.17) is 11.6 Å². The Morgan fingerprint density at radius 3 is 2.59 bits per heavy atom. The quantitative estimate of drug-likeness (QED) is 0.681. The lowest BCUT2D eigenvalue weighted by molar-refractivity contribution is -0.132. The first kappa shape index (κ1) is 21.2. The van der Waals surface area contributed by atoms with Crippen LogP contribution in [0.3, 0.4) is 0 Å². The SMILES string of the molecule is CCN(CC(=O)Nc1cc(Cl)ccc1C)C(=O)CSc1ccc(F)cc1F. The number of hydrogen-bond acceptors (Lipinski definition) is 3. The van der Waals surface area contributed by atoms with Crippen molar-refractivity contribution < 1.29 is 18.4 Å². The Hall–Kier alpha value is -2.12. The summed E-state index contributed by atoms with van der Waals surface area (Å²) in [6.07, 6.45) is 0. The van der Waals surface area contributed by atoms with Crippen molar-refractivity contribution in [3.05, 3.63) is 58.6 Å². The molecule has 0 bridgehead atoms. The lowest BCUT2D eigenvalue weighted by atomic mass is 10.2. The first-order valence-electron chi connectivity index (χ1n) is 8.21. The Balaban J connectivity index is 1.93. The van der Waals surface area contributed by atoms with E-state index in [2.05, 4.69) is 5.32 Å². The monoisotopic (exact) mass is 412 g/mol. The van der Waals surface area contributed by atoms with E-state index in [1.54, 1.807) is 25.1 Å². The van der Waals surface area contributed by atoms with E-state index in [0.717, 1.165) is 29.5 Å². The number of rotatable bonds is 7. The molecule has 0 heterocycles. The molecule has 2 amide bonds. The number of hydrogen-bond donors (Lipinski definition) is 1. The molecule has 0 radical (unpaired) electrons. The first-order chi connectivity index (χ1) is 12.8. The molecular weight excluding hydrogens is 394 g/mol. The van der Waals surface area contributed by atoms with Crippen LogP contribution < -0.4 is 5.32 Å². The highest BCUT2D eigenvalue weighted by atomic mass is 35.5. The molecule has 8 heteroatoms. The number of amides is 2. The van der Waals surface area contributed by atoms with E-state index in [1.165, 1.54) is 11.0 Å². The number of nitrogens with one attached hydrogen (secondary N) is 1. The normalized spacial score (nSPS) is 10.6. The maximum atomic E-state index is 13.6. The zero-order chi connectivity index (χ0) is 20.0. The summed E-state index contributed by atoms with van der Waals surface area (Å²) in [6, 6.07) is 8.34. The summed E-state index contributed by atoms with van der Waals surface area (Å²) >= 11 is 6.89. The second-order valence-corrected chi connectivity index (χ2v) is 7.23. The lowest BCUT2D eigenvalue weighted by Gasteiger charge is -2.20. The van der Waals surface area contributed by atoms with Gasteiger partial charge in [-0.25, -0.2) is 8.78 Å². The van der Waals surface area contributed by atoms with Gasteiger partial charge in [-0.15, -0.1) is 11.8 Å². The fourth-order valence-electron chi connectivity index (χ4n) is 2.29. The van der Waals surface area contributed by atoms with E-state index in [1.807, 2.05) is 6.92 Å². The summed E-state index contributed by atoms with van der Waals surface area (Å²) in [7, 11) is 0. The minimum Gasteiger partial charge on any atom is -0.333 e. The number of anilines is 1. The molecule has 0 atom stereocenters. The van der Waals surface area contributed by atoms with Crippen LogP contribution in [0.1, 0.15) is 12.5 Å². The Morgan fingerprint density at radius 2 is 1.93 bits per heavy atom. The van der Waals surface area contributed by atoms with E-state index >= 15 is 0 Å². The molecule has 27 heavy (non-hydrogen) atoms. The highest BCUT2D eigenvalue weighted by molar-refractivity contribution is 8.00. The van der Waals surface area contributed by atoms with Gasteiger partial charge in [0.15, 0.2) is 0 Å². The van der Waals surface area contributed by atoms with Crippen molar-refractivity contribution in [2.45, 2.75) is 18.7 Å². The molecule has 0 fully saturated rings. The molecule has 2 aromatic carbocycles. The second kappa shape index (κ2) is 9.71. The fourth-order valence-corrected chi connectivity index (χ4v) is 3.29. The van der Waals surface area contributed by atoms with Crippen molar-refractivity contribution >= 4 is 40.9 Å². The molecule has 0 spiro atoms. The molecule has 0 aliphatic heterocycles. The Labute approximate surface area is 165 Å². The van der Waals surface area contributed by atoms with Crippen LogP contribution in [0.2, 0.25) is 5.02 Å². The van der Waals surface area contributed by atoms with Gasteiger partial charge in [-0.05, 0) is 43.7 Å². The van der Waals surface area contributed by atoms with E-state index < -0.39 is 11.6 Å². The van der Waals surface area contributed by atoms with Crippen LogP contribution in [0.5, 0.6) is 0 Å². The standard InChI is InChI=1S/C19H19ClF2N2O2S/c1-3-24(10-18(25)23-16-8-13(20)5-4-12(16)2)19(26)11-27-17-7-6-14(21)9-15(17)22/h4-9H,3,10-11H2,1-2H3,(H,23,25). The molecule has 1 N–H and O–H groups in total. The van der Waals surface area contributed by atoms with Gasteiger partial charge in [-0.1, -0.05) is 17.7 Å². The van der Waals surface area contributed by atoms with Gasteiger partial charge < -0.3 is 10.2 Å². The van der Waals surface area contributed by atoms with Gasteiger partial charge in [-0.3, -0.25) is 9.59 Å². The van der Waals surface area contributed by atoms with Crippen LogP contribution in [-0.4, -0.2) is 35.6 Å². The molecule has 144 valence electrons. The van der Waals surface area contributed by atoms with Crippen molar-refractivity contribution in [2.24, 2.45) is 0 Å². The van der Waals surface area contributed by atoms with Gasteiger partial charge in [0.05, 0.1) is 12.3 Å². The zero-order valence-corrected chi connectivity index (χ0v) is 16.5. The summed E-state index contributed by atoms with van der Waals surface area (Å²) in [5.41, 5.74) is 1.43. The maximum absolute atomic E-state index is 13.6. The number of nitrogens with zero attached hydrogens (tertiary/aromatic N) is 1. The summed E-state index contributed by atoms with van der Waals surface area (Å²) in [5.74, 6) is -2.12. The average Bonchev–Trinajstić information content (AvgIpc) is 2.61. The summed E-state index contributed by atoms with van der Waals surface area (Å²) < 4.78 is 26.6. The number of likely N-dealkylation sites (N-methyl/N-ethyl adjacent to an activating group) is 1. The largest absolute Gasteiger partial charge is 0.333 e. The van der Waals surface area contributed by atoms with Crippen LogP contribution in [0, 0.1) is 18.6 Å². The van der Waals surface area contributed by atoms with Gasteiger partial charge in [0.1, 0.15) is 11.6 Å². The number of carbonyl (C=O) groups excluding carboxylic acids is 2. The Morgan fingerprint density at radius 1 is 1.19 bits per heavy atom. The third-order valence-electron chi connectivity index (χ3n) is 3.79. The predicted octanol–water partition coefficient (Wildman–Crippen LogP) is 4.51. The van der Waals surface area contributed by atoms with Gasteiger partial charge >= 0.3 is 0 Å². The highest BCUT2D eigenvalue weighted by Crippen LogP contribution is 2.23. The third-order valence-corrected chi connectivity index (χ3v) is 5.06. The molecule has 0 aliphatic carbocycles. The maximum Gasteiger partial charge on any atom is 0.244 e. The summed E-state index contributed by atoms with van der Waals surface area (Å²) in [5, 5.41) is 3.23. The van der Waals surface area contributed by atoms with Crippen LogP contribution in [0.25, 0.3) is 0 Å². The fraction of sp³-hybridized carbons (Fsp3) is 0.263. The Bertz CT molecular complexity index is 848. The van der Waals surface area contributed by atoms with Gasteiger partial charge in [-0.2, -0.15) is 0 Å². The molecule has 2 rings (SSSR count). The van der Waals surface area contributed by atoms with Crippen molar-refractivity contribution in [2.75, 3.05) is 24.2 Å². The predicted molar refractivity (Wildman–Crippen MR) is 104 cm³/mol. The van der Waals surface area contributed by atoms with E-state index in [9.17, 15) is 18.4 Å². The van der Waals surface area contributed by atoms with Crippen LogP contribution in [-0.2, 0) is 9.59 Å². The minimum absolute atomic E-state index is 0.0557. The van der Waals surface area contributed by atoms with Gasteiger partial charge in [0.25, 0.3) is 0 Å². The molecular formula is C19H19ClF2N2O2S. The van der Waals surface area contributed by atoms with Crippen molar-refractivity contribution in [1.29, 1.82) is 0 Å². The van der Waals surface area contributed by atoms with Crippen molar-refractivity contribution in [1.82, 2.24) is 4.90 Å². The van der Waals surface area contributed by atoms with E-state index in [0.29, 0.717) is 17.3 Å². The van der Waals surface area contributed by atoms with Gasteiger partial charge in [0.2, 0.25) is 11.8 Å². The Kier molecular flexibility index (Phi) is 7.62. The molecule has 0 saturated heterocycles. The molecule has 0 aliphatic rings. The zero-order valence-electron chi connectivity index (χ0n) is 14.9.